The van der Waals surface area contributed by atoms with Crippen molar-refractivity contribution in [1.29, 1.82) is 0 Å². The van der Waals surface area contributed by atoms with Crippen LogP contribution in [-0.2, 0) is 6.42 Å². The van der Waals surface area contributed by atoms with Crippen LogP contribution in [0.3, 0.4) is 0 Å². The van der Waals surface area contributed by atoms with Gasteiger partial charge in [-0.25, -0.2) is 4.39 Å². The zero-order valence-electron chi connectivity index (χ0n) is 9.22. The molecule has 1 unspecified atom stereocenters. The molecule has 0 fully saturated rings. The molecule has 0 aliphatic rings. The molecular formula is C12H16ClFO. The van der Waals surface area contributed by atoms with Gasteiger partial charge in [-0.3, -0.25) is 0 Å². The first kappa shape index (κ1) is 12.5. The quantitative estimate of drug-likeness (QED) is 0.844. The van der Waals surface area contributed by atoms with Crippen LogP contribution in [0, 0.1) is 11.7 Å². The van der Waals surface area contributed by atoms with E-state index in [9.17, 15) is 9.50 Å². The molecule has 1 aromatic carbocycles. The first-order valence-electron chi connectivity index (χ1n) is 4.99. The van der Waals surface area contributed by atoms with Gasteiger partial charge in [-0.05, 0) is 30.5 Å². The Kier molecular flexibility index (Phi) is 3.74. The van der Waals surface area contributed by atoms with Crippen LogP contribution in [0.25, 0.3) is 0 Å². The van der Waals surface area contributed by atoms with E-state index in [1.165, 1.54) is 6.07 Å². The molecule has 1 nitrogen and oxygen atoms in total. The highest BCUT2D eigenvalue weighted by Gasteiger charge is 2.25. The van der Waals surface area contributed by atoms with Crippen LogP contribution < -0.4 is 0 Å². The van der Waals surface area contributed by atoms with Crippen LogP contribution in [0.5, 0.6) is 0 Å². The van der Waals surface area contributed by atoms with Gasteiger partial charge in [0.25, 0.3) is 0 Å². The minimum atomic E-state index is -0.791. The summed E-state index contributed by atoms with van der Waals surface area (Å²) in [6.07, 6.45) is 0.477. The second-order valence-electron chi connectivity index (χ2n) is 4.44. The van der Waals surface area contributed by atoms with Gasteiger partial charge in [0.2, 0.25) is 0 Å². The summed E-state index contributed by atoms with van der Waals surface area (Å²) in [6.45, 7) is 5.67. The monoisotopic (exact) mass is 230 g/mol. The summed E-state index contributed by atoms with van der Waals surface area (Å²) in [4.78, 5) is 0. The van der Waals surface area contributed by atoms with E-state index in [1.807, 2.05) is 13.8 Å². The molecule has 1 rings (SSSR count). The topological polar surface area (TPSA) is 20.2 Å². The summed E-state index contributed by atoms with van der Waals surface area (Å²) in [5.74, 6) is -0.286. The molecule has 3 heteroatoms. The minimum absolute atomic E-state index is 0.104. The highest BCUT2D eigenvalue weighted by atomic mass is 35.5. The Morgan fingerprint density at radius 2 is 2.07 bits per heavy atom. The van der Waals surface area contributed by atoms with Crippen molar-refractivity contribution in [2.45, 2.75) is 32.8 Å². The Labute approximate surface area is 94.9 Å². The average molecular weight is 231 g/mol. The minimum Gasteiger partial charge on any atom is -0.390 e. The van der Waals surface area contributed by atoms with Crippen molar-refractivity contribution >= 4 is 11.6 Å². The van der Waals surface area contributed by atoms with Crippen LogP contribution in [-0.4, -0.2) is 10.7 Å². The van der Waals surface area contributed by atoms with Crippen molar-refractivity contribution in [3.8, 4) is 0 Å². The first-order valence-corrected chi connectivity index (χ1v) is 5.37. The van der Waals surface area contributed by atoms with Crippen molar-refractivity contribution in [3.63, 3.8) is 0 Å². The fourth-order valence-electron chi connectivity index (χ4n) is 1.27. The molecule has 15 heavy (non-hydrogen) atoms. The van der Waals surface area contributed by atoms with Crippen LogP contribution in [0.1, 0.15) is 26.3 Å². The largest absolute Gasteiger partial charge is 0.390 e. The van der Waals surface area contributed by atoms with E-state index < -0.39 is 11.4 Å². The number of hydrogen-bond acceptors (Lipinski definition) is 1. The molecule has 84 valence electrons. The van der Waals surface area contributed by atoms with Gasteiger partial charge in [0.15, 0.2) is 0 Å². The summed E-state index contributed by atoms with van der Waals surface area (Å²) in [7, 11) is 0. The van der Waals surface area contributed by atoms with Gasteiger partial charge >= 0.3 is 0 Å². The lowest BCUT2D eigenvalue weighted by molar-refractivity contribution is 0.0139. The van der Waals surface area contributed by atoms with E-state index in [-0.39, 0.29) is 10.9 Å². The second-order valence-corrected chi connectivity index (χ2v) is 4.84. The number of halogens is 2. The molecule has 0 amide bonds. The van der Waals surface area contributed by atoms with Crippen molar-refractivity contribution < 1.29 is 9.50 Å². The molecule has 0 aromatic heterocycles. The Morgan fingerprint density at radius 3 is 2.53 bits per heavy atom. The fourth-order valence-corrected chi connectivity index (χ4v) is 1.47. The zero-order valence-corrected chi connectivity index (χ0v) is 9.98. The molecule has 0 aliphatic carbocycles. The van der Waals surface area contributed by atoms with E-state index >= 15 is 0 Å². The van der Waals surface area contributed by atoms with Crippen LogP contribution in [0.2, 0.25) is 5.02 Å². The van der Waals surface area contributed by atoms with Crippen LogP contribution in [0.15, 0.2) is 18.2 Å². The average Bonchev–Trinajstić information content (AvgIpc) is 2.10. The molecule has 0 radical (unpaired) electrons. The fraction of sp³-hybridized carbons (Fsp3) is 0.500. The number of hydrogen-bond donors (Lipinski definition) is 1. The highest BCUT2D eigenvalue weighted by Crippen LogP contribution is 2.24. The van der Waals surface area contributed by atoms with Crippen molar-refractivity contribution in [2.24, 2.45) is 5.92 Å². The third-order valence-electron chi connectivity index (χ3n) is 2.79. The molecule has 0 spiro atoms. The molecular weight excluding hydrogens is 215 g/mol. The summed E-state index contributed by atoms with van der Waals surface area (Å²) in [5, 5.41) is 10.2. The van der Waals surface area contributed by atoms with E-state index in [4.69, 9.17) is 11.6 Å². The standard InChI is InChI=1S/C12H16ClFO/c1-8(2)12(3,15)7-9-4-5-11(14)10(13)6-9/h4-6,8,15H,7H2,1-3H3. The predicted octanol–water partition coefficient (Wildman–Crippen LogP) is 3.43. The predicted molar refractivity (Wildman–Crippen MR) is 60.6 cm³/mol. The smallest absolute Gasteiger partial charge is 0.141 e. The lowest BCUT2D eigenvalue weighted by Crippen LogP contribution is -2.33. The van der Waals surface area contributed by atoms with E-state index in [0.29, 0.717) is 6.42 Å². The van der Waals surface area contributed by atoms with Crippen molar-refractivity contribution in [2.75, 3.05) is 0 Å². The molecule has 1 aromatic rings. The first-order chi connectivity index (χ1) is 6.83. The van der Waals surface area contributed by atoms with Crippen molar-refractivity contribution in [1.82, 2.24) is 0 Å². The SMILES string of the molecule is CC(C)C(C)(O)Cc1ccc(F)c(Cl)c1. The van der Waals surface area contributed by atoms with E-state index in [0.717, 1.165) is 5.56 Å². The number of rotatable bonds is 3. The summed E-state index contributed by atoms with van der Waals surface area (Å²) < 4.78 is 12.9. The molecule has 0 heterocycles. The van der Waals surface area contributed by atoms with Crippen LogP contribution in [0.4, 0.5) is 4.39 Å². The molecule has 1 N–H and O–H groups in total. The second kappa shape index (κ2) is 4.50. The third kappa shape index (κ3) is 3.18. The Balaban J connectivity index is 2.86. The zero-order chi connectivity index (χ0) is 11.6. The van der Waals surface area contributed by atoms with Gasteiger partial charge in [-0.15, -0.1) is 0 Å². The Bertz CT molecular complexity index is 347. The molecule has 0 saturated carbocycles. The van der Waals surface area contributed by atoms with Crippen LogP contribution >= 0.6 is 11.6 Å². The highest BCUT2D eigenvalue weighted by molar-refractivity contribution is 6.30. The van der Waals surface area contributed by atoms with Gasteiger partial charge in [0.1, 0.15) is 5.82 Å². The maximum absolute atomic E-state index is 12.9. The third-order valence-corrected chi connectivity index (χ3v) is 3.08. The van der Waals surface area contributed by atoms with Gasteiger partial charge < -0.3 is 5.11 Å². The van der Waals surface area contributed by atoms with Gasteiger partial charge in [-0.1, -0.05) is 31.5 Å². The summed E-state index contributed by atoms with van der Waals surface area (Å²) in [5.41, 5.74) is 0.0568. The van der Waals surface area contributed by atoms with Gasteiger partial charge in [-0.2, -0.15) is 0 Å². The summed E-state index contributed by atoms with van der Waals surface area (Å²) in [6, 6.07) is 4.54. The number of aliphatic hydroxyl groups is 1. The lowest BCUT2D eigenvalue weighted by Gasteiger charge is -2.27. The molecule has 0 aliphatic heterocycles. The van der Waals surface area contributed by atoms with E-state index in [2.05, 4.69) is 0 Å². The molecule has 0 bridgehead atoms. The van der Waals surface area contributed by atoms with Crippen molar-refractivity contribution in [3.05, 3.63) is 34.6 Å². The maximum atomic E-state index is 12.9. The Morgan fingerprint density at radius 1 is 1.47 bits per heavy atom. The lowest BCUT2D eigenvalue weighted by atomic mass is 9.86. The van der Waals surface area contributed by atoms with Gasteiger partial charge in [0, 0.05) is 6.42 Å². The number of benzene rings is 1. The summed E-state index contributed by atoms with van der Waals surface area (Å²) >= 11 is 5.67. The van der Waals surface area contributed by atoms with Gasteiger partial charge in [0.05, 0.1) is 10.6 Å². The molecule has 0 saturated heterocycles. The van der Waals surface area contributed by atoms with E-state index in [1.54, 1.807) is 19.1 Å². The molecule has 1 atom stereocenters. The normalized spacial score (nSPS) is 15.4. The Hall–Kier alpha value is -0.600. The maximum Gasteiger partial charge on any atom is 0.141 e.